The molecule has 0 amide bonds. The van der Waals surface area contributed by atoms with Crippen LogP contribution in [0.1, 0.15) is 37.8 Å². The van der Waals surface area contributed by atoms with Gasteiger partial charge in [0.2, 0.25) is 11.7 Å². The third-order valence-corrected chi connectivity index (χ3v) is 2.92. The van der Waals surface area contributed by atoms with Crippen LogP contribution >= 0.6 is 0 Å². The quantitative estimate of drug-likeness (QED) is 0.919. The summed E-state index contributed by atoms with van der Waals surface area (Å²) in [6.45, 7) is 6.03. The van der Waals surface area contributed by atoms with E-state index in [-0.39, 0.29) is 11.9 Å². The van der Waals surface area contributed by atoms with Gasteiger partial charge >= 0.3 is 0 Å². The maximum Gasteiger partial charge on any atom is 0.243 e. The van der Waals surface area contributed by atoms with Gasteiger partial charge in [-0.15, -0.1) is 0 Å². The van der Waals surface area contributed by atoms with E-state index >= 15 is 0 Å². The number of nitrogens with two attached hydrogens (primary N) is 1. The van der Waals surface area contributed by atoms with Crippen molar-refractivity contribution < 1.29 is 8.91 Å². The molecule has 4 nitrogen and oxygen atoms in total. The van der Waals surface area contributed by atoms with E-state index in [0.717, 1.165) is 12.0 Å². The molecule has 1 aromatic carbocycles. The lowest BCUT2D eigenvalue weighted by Crippen LogP contribution is -2.13. The fraction of sp³-hybridized carbons (Fsp3) is 0.429. The molecule has 0 saturated heterocycles. The second-order valence-electron chi connectivity index (χ2n) is 5.15. The van der Waals surface area contributed by atoms with E-state index < -0.39 is 0 Å². The van der Waals surface area contributed by atoms with Gasteiger partial charge < -0.3 is 10.3 Å². The molecule has 0 aliphatic rings. The van der Waals surface area contributed by atoms with E-state index in [1.54, 1.807) is 6.07 Å². The van der Waals surface area contributed by atoms with Gasteiger partial charge in [0.1, 0.15) is 5.82 Å². The van der Waals surface area contributed by atoms with Gasteiger partial charge in [-0.3, -0.25) is 0 Å². The summed E-state index contributed by atoms with van der Waals surface area (Å²) in [5, 5.41) is 3.88. The summed E-state index contributed by atoms with van der Waals surface area (Å²) in [6, 6.07) is 4.21. The Hall–Kier alpha value is -1.75. The number of halogens is 1. The number of aromatic nitrogens is 2. The van der Waals surface area contributed by atoms with Crippen LogP contribution in [-0.2, 0) is 0 Å². The standard InChI is InChI=1S/C14H18FN3O/c1-8(2)6-12(16)14-17-13(18-19-14)11-7-10(15)5-4-9(11)3/h4-5,7-8,12H,6,16H2,1-3H3. The molecule has 1 aromatic heterocycles. The zero-order chi connectivity index (χ0) is 14.0. The number of hydrogen-bond donors (Lipinski definition) is 1. The van der Waals surface area contributed by atoms with E-state index in [9.17, 15) is 4.39 Å². The highest BCUT2D eigenvalue weighted by molar-refractivity contribution is 5.59. The van der Waals surface area contributed by atoms with Gasteiger partial charge in [0.15, 0.2) is 0 Å². The molecule has 0 spiro atoms. The third-order valence-electron chi connectivity index (χ3n) is 2.92. The van der Waals surface area contributed by atoms with Gasteiger partial charge in [0.25, 0.3) is 0 Å². The number of nitrogens with zero attached hydrogens (tertiary/aromatic N) is 2. The van der Waals surface area contributed by atoms with Gasteiger partial charge in [-0.1, -0.05) is 25.1 Å². The minimum atomic E-state index is -0.321. The Labute approximate surface area is 111 Å². The first-order valence-corrected chi connectivity index (χ1v) is 6.33. The Bertz CT molecular complexity index is 566. The smallest absolute Gasteiger partial charge is 0.243 e. The van der Waals surface area contributed by atoms with Crippen molar-refractivity contribution in [3.05, 3.63) is 35.5 Å². The summed E-state index contributed by atoms with van der Waals surface area (Å²) in [5.74, 6) is 0.901. The summed E-state index contributed by atoms with van der Waals surface area (Å²) in [6.07, 6.45) is 0.768. The van der Waals surface area contributed by atoms with E-state index in [0.29, 0.717) is 23.2 Å². The lowest BCUT2D eigenvalue weighted by Gasteiger charge is -2.08. The normalized spacial score (nSPS) is 12.9. The molecule has 0 bridgehead atoms. The summed E-state index contributed by atoms with van der Waals surface area (Å²) in [4.78, 5) is 4.27. The highest BCUT2D eigenvalue weighted by Crippen LogP contribution is 2.24. The van der Waals surface area contributed by atoms with Crippen molar-refractivity contribution in [2.75, 3.05) is 0 Å². The topological polar surface area (TPSA) is 64.9 Å². The molecular weight excluding hydrogens is 245 g/mol. The molecule has 19 heavy (non-hydrogen) atoms. The minimum absolute atomic E-state index is 0.282. The summed E-state index contributed by atoms with van der Waals surface area (Å²) in [5.41, 5.74) is 7.51. The van der Waals surface area contributed by atoms with Crippen LogP contribution in [0, 0.1) is 18.7 Å². The molecule has 1 unspecified atom stereocenters. The van der Waals surface area contributed by atoms with Gasteiger partial charge in [-0.05, 0) is 37.0 Å². The lowest BCUT2D eigenvalue weighted by atomic mass is 10.0. The first-order chi connectivity index (χ1) is 8.97. The van der Waals surface area contributed by atoms with Crippen molar-refractivity contribution in [2.24, 2.45) is 11.7 Å². The Kier molecular flexibility index (Phi) is 3.95. The van der Waals surface area contributed by atoms with Crippen LogP contribution in [-0.4, -0.2) is 10.1 Å². The average Bonchev–Trinajstić information content (AvgIpc) is 2.80. The molecule has 1 atom stereocenters. The molecule has 102 valence electrons. The van der Waals surface area contributed by atoms with E-state index in [1.807, 2.05) is 6.92 Å². The van der Waals surface area contributed by atoms with Crippen LogP contribution in [0.3, 0.4) is 0 Å². The Balaban J connectivity index is 2.28. The van der Waals surface area contributed by atoms with E-state index in [4.69, 9.17) is 10.3 Å². The van der Waals surface area contributed by atoms with Crippen molar-refractivity contribution >= 4 is 0 Å². The fourth-order valence-electron chi connectivity index (χ4n) is 1.94. The second kappa shape index (κ2) is 5.48. The predicted octanol–water partition coefficient (Wildman–Crippen LogP) is 3.23. The largest absolute Gasteiger partial charge is 0.337 e. The molecule has 1 heterocycles. The van der Waals surface area contributed by atoms with Gasteiger partial charge in [0.05, 0.1) is 6.04 Å². The molecule has 0 saturated carbocycles. The third kappa shape index (κ3) is 3.17. The molecule has 0 fully saturated rings. The van der Waals surface area contributed by atoms with Crippen LogP contribution in [0.15, 0.2) is 22.7 Å². The number of benzene rings is 1. The van der Waals surface area contributed by atoms with Gasteiger partial charge in [-0.2, -0.15) is 4.98 Å². The average molecular weight is 263 g/mol. The van der Waals surface area contributed by atoms with E-state index in [2.05, 4.69) is 24.0 Å². The lowest BCUT2D eigenvalue weighted by molar-refractivity contribution is 0.335. The van der Waals surface area contributed by atoms with Gasteiger partial charge in [-0.25, -0.2) is 4.39 Å². The predicted molar refractivity (Wildman–Crippen MR) is 70.8 cm³/mol. The summed E-state index contributed by atoms with van der Waals surface area (Å²) < 4.78 is 18.4. The van der Waals surface area contributed by atoms with Crippen molar-refractivity contribution in [1.29, 1.82) is 0 Å². The monoisotopic (exact) mass is 263 g/mol. The minimum Gasteiger partial charge on any atom is -0.337 e. The number of rotatable bonds is 4. The van der Waals surface area contributed by atoms with Crippen LogP contribution < -0.4 is 5.73 Å². The molecule has 0 aliphatic heterocycles. The SMILES string of the molecule is Cc1ccc(F)cc1-c1noc(C(N)CC(C)C)n1. The highest BCUT2D eigenvalue weighted by atomic mass is 19.1. The molecular formula is C14H18FN3O. The zero-order valence-corrected chi connectivity index (χ0v) is 11.4. The van der Waals surface area contributed by atoms with Crippen molar-refractivity contribution in [3.63, 3.8) is 0 Å². The first-order valence-electron chi connectivity index (χ1n) is 6.33. The van der Waals surface area contributed by atoms with Crippen LogP contribution in [0.2, 0.25) is 0 Å². The molecule has 5 heteroatoms. The second-order valence-corrected chi connectivity index (χ2v) is 5.15. The zero-order valence-electron chi connectivity index (χ0n) is 11.4. The number of aryl methyl sites for hydroxylation is 1. The Morgan fingerprint density at radius 2 is 2.11 bits per heavy atom. The van der Waals surface area contributed by atoms with Crippen LogP contribution in [0.25, 0.3) is 11.4 Å². The van der Waals surface area contributed by atoms with Gasteiger partial charge in [0, 0.05) is 5.56 Å². The fourth-order valence-corrected chi connectivity index (χ4v) is 1.94. The summed E-state index contributed by atoms with van der Waals surface area (Å²) in [7, 11) is 0. The first kappa shape index (κ1) is 13.7. The number of hydrogen-bond acceptors (Lipinski definition) is 4. The molecule has 2 N–H and O–H groups in total. The van der Waals surface area contributed by atoms with Crippen LogP contribution in [0.4, 0.5) is 4.39 Å². The molecule has 2 rings (SSSR count). The Morgan fingerprint density at radius 3 is 2.79 bits per heavy atom. The molecule has 2 aromatic rings. The van der Waals surface area contributed by atoms with E-state index in [1.165, 1.54) is 12.1 Å². The van der Waals surface area contributed by atoms with Crippen molar-refractivity contribution in [1.82, 2.24) is 10.1 Å². The molecule has 0 radical (unpaired) electrons. The maximum atomic E-state index is 13.3. The van der Waals surface area contributed by atoms with Crippen LogP contribution in [0.5, 0.6) is 0 Å². The summed E-state index contributed by atoms with van der Waals surface area (Å²) >= 11 is 0. The molecule has 0 aliphatic carbocycles. The van der Waals surface area contributed by atoms with Crippen molar-refractivity contribution in [3.8, 4) is 11.4 Å². The van der Waals surface area contributed by atoms with Crippen molar-refractivity contribution in [2.45, 2.75) is 33.2 Å². The Morgan fingerprint density at radius 1 is 1.37 bits per heavy atom. The maximum absolute atomic E-state index is 13.3. The highest BCUT2D eigenvalue weighted by Gasteiger charge is 2.17.